The summed E-state index contributed by atoms with van der Waals surface area (Å²) in [6.07, 6.45) is 2.70. The third-order valence-corrected chi connectivity index (χ3v) is 2.56. The van der Waals surface area contributed by atoms with Gasteiger partial charge in [0.2, 0.25) is 0 Å². The maximum absolute atomic E-state index is 3.37. The minimum atomic E-state index is 0.850. The lowest BCUT2D eigenvalue weighted by Gasteiger charge is -2.20. The molecule has 0 aliphatic carbocycles. The summed E-state index contributed by atoms with van der Waals surface area (Å²) in [7, 11) is 0. The van der Waals surface area contributed by atoms with E-state index in [-0.39, 0.29) is 0 Å². The fraction of sp³-hybridized carbons (Fsp3) is 1.00. The topological polar surface area (TPSA) is 15.3 Å². The average Bonchev–Trinajstić information content (AvgIpc) is 2.15. The second-order valence-corrected chi connectivity index (χ2v) is 4.32. The fourth-order valence-corrected chi connectivity index (χ4v) is 1.57. The van der Waals surface area contributed by atoms with Gasteiger partial charge in [-0.2, -0.15) is 0 Å². The van der Waals surface area contributed by atoms with E-state index in [9.17, 15) is 0 Å². The van der Waals surface area contributed by atoms with Crippen LogP contribution in [0.25, 0.3) is 0 Å². The minimum Gasteiger partial charge on any atom is -0.316 e. The van der Waals surface area contributed by atoms with Crippen LogP contribution in [0.4, 0.5) is 0 Å². The molecule has 0 amide bonds. The number of hydrogen-bond donors (Lipinski definition) is 1. The van der Waals surface area contributed by atoms with Crippen molar-refractivity contribution in [1.29, 1.82) is 0 Å². The molecule has 0 rings (SSSR count). The first-order chi connectivity index (χ1) is 6.70. The summed E-state index contributed by atoms with van der Waals surface area (Å²) in [5, 5.41) is 3.37. The van der Waals surface area contributed by atoms with E-state index < -0.39 is 0 Å². The predicted octanol–water partition coefficient (Wildman–Crippen LogP) is 2.35. The Morgan fingerprint density at radius 2 is 1.86 bits per heavy atom. The van der Waals surface area contributed by atoms with E-state index in [2.05, 4.69) is 37.9 Å². The van der Waals surface area contributed by atoms with E-state index >= 15 is 0 Å². The Morgan fingerprint density at radius 3 is 2.36 bits per heavy atom. The van der Waals surface area contributed by atoms with Gasteiger partial charge in [0.25, 0.3) is 0 Å². The van der Waals surface area contributed by atoms with Crippen molar-refractivity contribution in [2.75, 3.05) is 32.7 Å². The van der Waals surface area contributed by atoms with Gasteiger partial charge in [-0.15, -0.1) is 0 Å². The summed E-state index contributed by atoms with van der Waals surface area (Å²) in [5.74, 6) is 0.850. The van der Waals surface area contributed by atoms with Crippen LogP contribution < -0.4 is 5.32 Å². The van der Waals surface area contributed by atoms with E-state index in [1.165, 1.54) is 32.5 Å². The van der Waals surface area contributed by atoms with Crippen LogP contribution in [0.2, 0.25) is 0 Å². The lowest BCUT2D eigenvalue weighted by molar-refractivity contribution is 0.276. The molecule has 86 valence electrons. The molecule has 0 aromatic carbocycles. The van der Waals surface area contributed by atoms with Crippen molar-refractivity contribution in [2.24, 2.45) is 5.92 Å². The van der Waals surface area contributed by atoms with Crippen LogP contribution in [0.1, 0.15) is 40.5 Å². The number of nitrogens with zero attached hydrogens (tertiary/aromatic N) is 1. The second-order valence-electron chi connectivity index (χ2n) is 4.32. The first kappa shape index (κ1) is 13.9. The Morgan fingerprint density at radius 1 is 1.14 bits per heavy atom. The molecule has 0 fully saturated rings. The molecule has 0 saturated heterocycles. The highest BCUT2D eigenvalue weighted by atomic mass is 15.1. The lowest BCUT2D eigenvalue weighted by Crippen LogP contribution is -2.32. The van der Waals surface area contributed by atoms with Crippen molar-refractivity contribution in [3.8, 4) is 0 Å². The molecule has 0 spiro atoms. The largest absolute Gasteiger partial charge is 0.316 e. The Labute approximate surface area is 90.1 Å². The molecule has 0 atom stereocenters. The Kier molecular flexibility index (Phi) is 9.42. The first-order valence-corrected chi connectivity index (χ1v) is 6.13. The molecule has 0 heterocycles. The normalized spacial score (nSPS) is 11.6. The smallest absolute Gasteiger partial charge is 0.0107 e. The molecule has 0 radical (unpaired) electrons. The van der Waals surface area contributed by atoms with Crippen molar-refractivity contribution in [3.05, 3.63) is 0 Å². The second kappa shape index (κ2) is 9.47. The highest BCUT2D eigenvalue weighted by molar-refractivity contribution is 4.58. The molecule has 0 aliphatic heterocycles. The van der Waals surface area contributed by atoms with Crippen molar-refractivity contribution in [2.45, 2.75) is 40.5 Å². The number of hydrogen-bond acceptors (Lipinski definition) is 2. The van der Waals surface area contributed by atoms with Gasteiger partial charge in [-0.05, 0) is 38.4 Å². The van der Waals surface area contributed by atoms with Gasteiger partial charge < -0.3 is 10.2 Å². The monoisotopic (exact) mass is 200 g/mol. The van der Waals surface area contributed by atoms with E-state index in [4.69, 9.17) is 0 Å². The van der Waals surface area contributed by atoms with E-state index in [1.807, 2.05) is 0 Å². The highest BCUT2D eigenvalue weighted by Crippen LogP contribution is 2.04. The molecule has 0 aromatic rings. The lowest BCUT2D eigenvalue weighted by atomic mass is 10.1. The van der Waals surface area contributed by atoms with Crippen molar-refractivity contribution in [3.63, 3.8) is 0 Å². The van der Waals surface area contributed by atoms with Crippen LogP contribution >= 0.6 is 0 Å². The van der Waals surface area contributed by atoms with Gasteiger partial charge in [-0.1, -0.05) is 27.7 Å². The molecular weight excluding hydrogens is 172 g/mol. The molecule has 0 aromatic heterocycles. The van der Waals surface area contributed by atoms with Gasteiger partial charge in [0.15, 0.2) is 0 Å². The van der Waals surface area contributed by atoms with Gasteiger partial charge in [-0.3, -0.25) is 0 Å². The predicted molar refractivity (Wildman–Crippen MR) is 64.7 cm³/mol. The molecule has 2 nitrogen and oxygen atoms in total. The fourth-order valence-electron chi connectivity index (χ4n) is 1.57. The van der Waals surface area contributed by atoms with Crippen molar-refractivity contribution < 1.29 is 0 Å². The van der Waals surface area contributed by atoms with Gasteiger partial charge in [0.05, 0.1) is 0 Å². The summed E-state index contributed by atoms with van der Waals surface area (Å²) in [6, 6.07) is 0. The zero-order chi connectivity index (χ0) is 10.8. The molecule has 0 aliphatic rings. The molecule has 0 bridgehead atoms. The van der Waals surface area contributed by atoms with Crippen LogP contribution in [0, 0.1) is 5.92 Å². The summed E-state index contributed by atoms with van der Waals surface area (Å²) < 4.78 is 0. The summed E-state index contributed by atoms with van der Waals surface area (Å²) in [4.78, 5) is 2.53. The standard InChI is InChI=1S/C12H28N2/c1-5-13-9-11-14(6-2)10-7-8-12(3)4/h12-13H,5-11H2,1-4H3. The van der Waals surface area contributed by atoms with Crippen LogP contribution in [-0.2, 0) is 0 Å². The van der Waals surface area contributed by atoms with Crippen LogP contribution in [0.5, 0.6) is 0 Å². The van der Waals surface area contributed by atoms with E-state index in [1.54, 1.807) is 0 Å². The summed E-state index contributed by atoms with van der Waals surface area (Å²) in [6.45, 7) is 14.9. The van der Waals surface area contributed by atoms with Crippen molar-refractivity contribution >= 4 is 0 Å². The maximum Gasteiger partial charge on any atom is 0.0107 e. The highest BCUT2D eigenvalue weighted by Gasteiger charge is 2.01. The van der Waals surface area contributed by atoms with Crippen LogP contribution in [0.15, 0.2) is 0 Å². The average molecular weight is 200 g/mol. The molecule has 1 N–H and O–H groups in total. The maximum atomic E-state index is 3.37. The SMILES string of the molecule is CCNCCN(CC)CCCC(C)C. The number of likely N-dealkylation sites (N-methyl/N-ethyl adjacent to an activating group) is 2. The quantitative estimate of drug-likeness (QED) is 0.575. The van der Waals surface area contributed by atoms with Crippen LogP contribution in [0.3, 0.4) is 0 Å². The third kappa shape index (κ3) is 8.52. The minimum absolute atomic E-state index is 0.850. The summed E-state index contributed by atoms with van der Waals surface area (Å²) >= 11 is 0. The third-order valence-electron chi connectivity index (χ3n) is 2.56. The summed E-state index contributed by atoms with van der Waals surface area (Å²) in [5.41, 5.74) is 0. The van der Waals surface area contributed by atoms with Gasteiger partial charge >= 0.3 is 0 Å². The van der Waals surface area contributed by atoms with E-state index in [0.717, 1.165) is 19.0 Å². The zero-order valence-electron chi connectivity index (χ0n) is 10.5. The molecular formula is C12H28N2. The Balaban J connectivity index is 3.38. The molecule has 2 heteroatoms. The molecule has 0 saturated carbocycles. The van der Waals surface area contributed by atoms with Crippen molar-refractivity contribution in [1.82, 2.24) is 10.2 Å². The van der Waals surface area contributed by atoms with Gasteiger partial charge in [0, 0.05) is 13.1 Å². The molecule has 0 unspecified atom stereocenters. The Bertz CT molecular complexity index is 113. The molecule has 14 heavy (non-hydrogen) atoms. The van der Waals surface area contributed by atoms with Crippen LogP contribution in [-0.4, -0.2) is 37.6 Å². The van der Waals surface area contributed by atoms with E-state index in [0.29, 0.717) is 0 Å². The number of rotatable bonds is 9. The van der Waals surface area contributed by atoms with Gasteiger partial charge in [-0.25, -0.2) is 0 Å². The number of nitrogens with one attached hydrogen (secondary N) is 1. The van der Waals surface area contributed by atoms with Gasteiger partial charge in [0.1, 0.15) is 0 Å². The first-order valence-electron chi connectivity index (χ1n) is 6.13. The zero-order valence-corrected chi connectivity index (χ0v) is 10.5. The Hall–Kier alpha value is -0.0800.